The van der Waals surface area contributed by atoms with Gasteiger partial charge in [-0.2, -0.15) is 0 Å². The third-order valence-corrected chi connectivity index (χ3v) is 5.83. The van der Waals surface area contributed by atoms with Crippen LogP contribution in [-0.2, 0) is 4.74 Å². The number of carbonyl (C=O) groups excluding carboxylic acids is 1. The standard InChI is InChI=1S/C24H26ClN3O4/c1-13-11-28(12-14(2)31-13)24(30)17-5-7-18(8-6-17)32-15(3)19-9-20-22(10-21(19)25)26-16(4)27-23(20)29/h5-10,13-15H,11-12H2,1-4H3,(H,26,27,29)/t13-,14+,15-/m0/s1. The van der Waals surface area contributed by atoms with Crippen molar-refractivity contribution < 1.29 is 14.3 Å². The second kappa shape index (κ2) is 8.92. The average Bonchev–Trinajstić information content (AvgIpc) is 2.72. The molecule has 168 valence electrons. The van der Waals surface area contributed by atoms with Crippen LogP contribution in [0.1, 0.15) is 48.6 Å². The Kier molecular flexibility index (Phi) is 6.22. The van der Waals surface area contributed by atoms with E-state index in [2.05, 4.69) is 9.97 Å². The van der Waals surface area contributed by atoms with Crippen molar-refractivity contribution in [2.45, 2.75) is 46.0 Å². The van der Waals surface area contributed by atoms with E-state index in [1.807, 2.05) is 25.7 Å². The maximum Gasteiger partial charge on any atom is 0.258 e. The number of hydrogen-bond acceptors (Lipinski definition) is 5. The van der Waals surface area contributed by atoms with Gasteiger partial charge in [0.1, 0.15) is 17.7 Å². The number of rotatable bonds is 4. The van der Waals surface area contributed by atoms with Gasteiger partial charge in [0.05, 0.1) is 23.1 Å². The van der Waals surface area contributed by atoms with Crippen LogP contribution in [0.2, 0.25) is 5.02 Å². The number of halogens is 1. The van der Waals surface area contributed by atoms with Crippen molar-refractivity contribution in [3.63, 3.8) is 0 Å². The summed E-state index contributed by atoms with van der Waals surface area (Å²) >= 11 is 6.45. The summed E-state index contributed by atoms with van der Waals surface area (Å²) in [5, 5.41) is 0.935. The summed E-state index contributed by atoms with van der Waals surface area (Å²) in [7, 11) is 0. The second-order valence-corrected chi connectivity index (χ2v) is 8.70. The van der Waals surface area contributed by atoms with Gasteiger partial charge in [-0.05, 0) is 64.1 Å². The van der Waals surface area contributed by atoms with Crippen LogP contribution >= 0.6 is 11.6 Å². The Morgan fingerprint density at radius 3 is 2.53 bits per heavy atom. The maximum absolute atomic E-state index is 12.8. The Morgan fingerprint density at radius 1 is 1.22 bits per heavy atom. The fourth-order valence-corrected chi connectivity index (χ4v) is 4.39. The zero-order valence-electron chi connectivity index (χ0n) is 18.5. The zero-order valence-corrected chi connectivity index (χ0v) is 19.3. The number of H-pyrrole nitrogens is 1. The molecule has 0 spiro atoms. The Labute approximate surface area is 191 Å². The van der Waals surface area contributed by atoms with Crippen LogP contribution in [0.15, 0.2) is 41.2 Å². The minimum atomic E-state index is -0.407. The molecule has 0 saturated carbocycles. The highest BCUT2D eigenvalue weighted by molar-refractivity contribution is 6.32. The molecule has 8 heteroatoms. The van der Waals surface area contributed by atoms with Crippen LogP contribution in [0, 0.1) is 6.92 Å². The highest BCUT2D eigenvalue weighted by Gasteiger charge is 2.26. The normalized spacial score (nSPS) is 19.7. The highest BCUT2D eigenvalue weighted by Crippen LogP contribution is 2.30. The van der Waals surface area contributed by atoms with Gasteiger partial charge < -0.3 is 19.4 Å². The Balaban J connectivity index is 1.50. The van der Waals surface area contributed by atoms with E-state index in [0.29, 0.717) is 51.7 Å². The molecule has 0 unspecified atom stereocenters. The van der Waals surface area contributed by atoms with Crippen molar-refractivity contribution >= 4 is 28.4 Å². The third kappa shape index (κ3) is 4.64. The van der Waals surface area contributed by atoms with Gasteiger partial charge in [-0.3, -0.25) is 9.59 Å². The Morgan fingerprint density at radius 2 is 1.88 bits per heavy atom. The van der Waals surface area contributed by atoms with Crippen molar-refractivity contribution in [3.8, 4) is 5.75 Å². The molecule has 1 amide bonds. The Hall–Kier alpha value is -2.90. The molecule has 7 nitrogen and oxygen atoms in total. The van der Waals surface area contributed by atoms with E-state index in [0.717, 1.165) is 0 Å². The predicted octanol–water partition coefficient (Wildman–Crippen LogP) is 4.27. The molecule has 1 aliphatic heterocycles. The molecule has 2 heterocycles. The first-order valence-corrected chi connectivity index (χ1v) is 11.0. The lowest BCUT2D eigenvalue weighted by atomic mass is 10.1. The number of fused-ring (bicyclic) bond motifs is 1. The lowest BCUT2D eigenvalue weighted by Crippen LogP contribution is -2.48. The highest BCUT2D eigenvalue weighted by atomic mass is 35.5. The first-order valence-electron chi connectivity index (χ1n) is 10.6. The number of aromatic nitrogens is 2. The molecule has 32 heavy (non-hydrogen) atoms. The first kappa shape index (κ1) is 22.3. The topological polar surface area (TPSA) is 84.5 Å². The molecule has 0 bridgehead atoms. The first-order chi connectivity index (χ1) is 15.2. The molecule has 4 rings (SSSR count). The molecular formula is C24H26ClN3O4. The zero-order chi connectivity index (χ0) is 23.0. The average molecular weight is 456 g/mol. The summed E-state index contributed by atoms with van der Waals surface area (Å²) in [6, 6.07) is 10.4. The molecular weight excluding hydrogens is 430 g/mol. The van der Waals surface area contributed by atoms with E-state index in [-0.39, 0.29) is 23.7 Å². The van der Waals surface area contributed by atoms with Crippen LogP contribution < -0.4 is 10.3 Å². The fraction of sp³-hybridized carbons (Fsp3) is 0.375. The summed E-state index contributed by atoms with van der Waals surface area (Å²) in [5.41, 5.74) is 1.61. The molecule has 1 N–H and O–H groups in total. The number of nitrogens with one attached hydrogen (secondary N) is 1. The monoisotopic (exact) mass is 455 g/mol. The van der Waals surface area contributed by atoms with Crippen molar-refractivity contribution in [2.24, 2.45) is 0 Å². The van der Waals surface area contributed by atoms with Gasteiger partial charge in [-0.1, -0.05) is 11.6 Å². The van der Waals surface area contributed by atoms with Gasteiger partial charge in [0.25, 0.3) is 11.5 Å². The Bertz CT molecular complexity index is 1200. The van der Waals surface area contributed by atoms with Gasteiger partial charge in [-0.15, -0.1) is 0 Å². The van der Waals surface area contributed by atoms with Gasteiger partial charge in [-0.25, -0.2) is 4.98 Å². The smallest absolute Gasteiger partial charge is 0.258 e. The number of aryl methyl sites for hydroxylation is 1. The summed E-state index contributed by atoms with van der Waals surface area (Å²) < 4.78 is 11.8. The van der Waals surface area contributed by atoms with Crippen molar-refractivity contribution in [3.05, 3.63) is 68.7 Å². The van der Waals surface area contributed by atoms with Gasteiger partial charge in [0.2, 0.25) is 0 Å². The van der Waals surface area contributed by atoms with Crippen molar-refractivity contribution in [2.75, 3.05) is 13.1 Å². The summed E-state index contributed by atoms with van der Waals surface area (Å²) in [4.78, 5) is 34.0. The van der Waals surface area contributed by atoms with E-state index in [1.54, 1.807) is 43.3 Å². The number of amides is 1. The molecule has 1 fully saturated rings. The molecule has 0 radical (unpaired) electrons. The van der Waals surface area contributed by atoms with Crippen LogP contribution in [0.5, 0.6) is 5.75 Å². The molecule has 0 aliphatic carbocycles. The molecule has 1 aromatic heterocycles. The number of aromatic amines is 1. The van der Waals surface area contributed by atoms with Crippen LogP contribution in [-0.4, -0.2) is 46.1 Å². The molecule has 2 aromatic carbocycles. The predicted molar refractivity (Wildman–Crippen MR) is 124 cm³/mol. The molecule has 1 aliphatic rings. The molecule has 3 atom stereocenters. The third-order valence-electron chi connectivity index (χ3n) is 5.50. The summed E-state index contributed by atoms with van der Waals surface area (Å²) in [5.74, 6) is 1.11. The summed E-state index contributed by atoms with van der Waals surface area (Å²) in [6.45, 7) is 8.68. The maximum atomic E-state index is 12.8. The number of morpholine rings is 1. The van der Waals surface area contributed by atoms with Gasteiger partial charge >= 0.3 is 0 Å². The minimum Gasteiger partial charge on any atom is -0.486 e. The SMILES string of the molecule is Cc1nc2cc(Cl)c([C@H](C)Oc3ccc(C(=O)N4C[C@@H](C)O[C@@H](C)C4)cc3)cc2c(=O)[nH]1. The van der Waals surface area contributed by atoms with E-state index >= 15 is 0 Å². The van der Waals surface area contributed by atoms with E-state index < -0.39 is 6.10 Å². The number of nitrogens with zero attached hydrogens (tertiary/aromatic N) is 2. The quantitative estimate of drug-likeness (QED) is 0.634. The van der Waals surface area contributed by atoms with Gasteiger partial charge in [0, 0.05) is 29.2 Å². The van der Waals surface area contributed by atoms with Crippen LogP contribution in [0.4, 0.5) is 0 Å². The van der Waals surface area contributed by atoms with E-state index in [4.69, 9.17) is 21.1 Å². The minimum absolute atomic E-state index is 0.0178. The number of carbonyl (C=O) groups is 1. The number of ether oxygens (including phenoxy) is 2. The van der Waals surface area contributed by atoms with E-state index in [9.17, 15) is 9.59 Å². The van der Waals surface area contributed by atoms with Crippen LogP contribution in [0.25, 0.3) is 10.9 Å². The molecule has 1 saturated heterocycles. The summed E-state index contributed by atoms with van der Waals surface area (Å²) in [6.07, 6.45) is -0.372. The van der Waals surface area contributed by atoms with E-state index in [1.165, 1.54) is 0 Å². The van der Waals surface area contributed by atoms with Gasteiger partial charge in [0.15, 0.2) is 0 Å². The van der Waals surface area contributed by atoms with Crippen LogP contribution in [0.3, 0.4) is 0 Å². The lowest BCUT2D eigenvalue weighted by molar-refractivity contribution is -0.0586. The fourth-order valence-electron chi connectivity index (χ4n) is 4.08. The number of hydrogen-bond donors (Lipinski definition) is 1. The second-order valence-electron chi connectivity index (χ2n) is 8.29. The largest absolute Gasteiger partial charge is 0.486 e. The van der Waals surface area contributed by atoms with Crippen molar-refractivity contribution in [1.82, 2.24) is 14.9 Å². The lowest BCUT2D eigenvalue weighted by Gasteiger charge is -2.35. The van der Waals surface area contributed by atoms with Crippen molar-refractivity contribution in [1.29, 1.82) is 0 Å². The molecule has 3 aromatic rings. The number of benzene rings is 2.